The third kappa shape index (κ3) is 5.14. The van der Waals surface area contributed by atoms with Crippen LogP contribution in [-0.2, 0) is 6.42 Å². The van der Waals surface area contributed by atoms with E-state index in [2.05, 4.69) is 5.32 Å². The van der Waals surface area contributed by atoms with Crippen molar-refractivity contribution in [3.05, 3.63) is 47.5 Å². The van der Waals surface area contributed by atoms with Crippen molar-refractivity contribution in [1.82, 2.24) is 5.32 Å². The molecule has 0 amide bonds. The largest absolute Gasteiger partial charge is 0.507 e. The van der Waals surface area contributed by atoms with E-state index in [4.69, 9.17) is 9.47 Å². The van der Waals surface area contributed by atoms with Crippen molar-refractivity contribution in [2.75, 3.05) is 33.6 Å². The topological polar surface area (TPSA) is 67.8 Å². The van der Waals surface area contributed by atoms with Gasteiger partial charge in [-0.25, -0.2) is 0 Å². The number of phenols is 1. The monoisotopic (exact) mass is 361 g/mol. The van der Waals surface area contributed by atoms with Crippen LogP contribution in [0.25, 0.3) is 0 Å². The lowest BCUT2D eigenvalue weighted by Gasteiger charge is -2.10. The van der Waals surface area contributed by atoms with Gasteiger partial charge in [-0.2, -0.15) is 0 Å². The van der Waals surface area contributed by atoms with Crippen LogP contribution in [0.5, 0.6) is 17.2 Å². The highest BCUT2D eigenvalue weighted by Crippen LogP contribution is 2.28. The standard InChI is InChI=1S/C19H23NO4S/c1-23-17-7-4-13(10-18(17)24-2)8-9-20-12-16(22)14-5-6-15(21)19(11-14)25-3/h4-7,10-11,20-21H,8-9,12H2,1-3H3. The van der Waals surface area contributed by atoms with Crippen molar-refractivity contribution >= 4 is 17.5 Å². The molecule has 134 valence electrons. The van der Waals surface area contributed by atoms with Gasteiger partial charge >= 0.3 is 0 Å². The second-order valence-corrected chi connectivity index (χ2v) is 6.27. The lowest BCUT2D eigenvalue weighted by atomic mass is 10.1. The van der Waals surface area contributed by atoms with Crippen molar-refractivity contribution in [2.24, 2.45) is 0 Å². The summed E-state index contributed by atoms with van der Waals surface area (Å²) in [7, 11) is 3.22. The van der Waals surface area contributed by atoms with Gasteiger partial charge < -0.3 is 19.9 Å². The van der Waals surface area contributed by atoms with Crippen LogP contribution in [-0.4, -0.2) is 44.5 Å². The zero-order chi connectivity index (χ0) is 18.2. The molecule has 0 heterocycles. The first kappa shape index (κ1) is 19.1. The van der Waals surface area contributed by atoms with Crippen molar-refractivity contribution < 1.29 is 19.4 Å². The summed E-state index contributed by atoms with van der Waals surface area (Å²) >= 11 is 1.41. The summed E-state index contributed by atoms with van der Waals surface area (Å²) in [5, 5.41) is 12.8. The Kier molecular flexibility index (Phi) is 7.16. The quantitative estimate of drug-likeness (QED) is 0.406. The number of nitrogens with one attached hydrogen (secondary N) is 1. The molecule has 0 atom stereocenters. The van der Waals surface area contributed by atoms with Gasteiger partial charge in [0.15, 0.2) is 17.3 Å². The fourth-order valence-electron chi connectivity index (χ4n) is 2.42. The van der Waals surface area contributed by atoms with E-state index < -0.39 is 0 Å². The van der Waals surface area contributed by atoms with E-state index in [0.29, 0.717) is 28.5 Å². The van der Waals surface area contributed by atoms with Crippen molar-refractivity contribution in [1.29, 1.82) is 0 Å². The summed E-state index contributed by atoms with van der Waals surface area (Å²) in [5.41, 5.74) is 1.70. The first-order valence-electron chi connectivity index (χ1n) is 7.91. The number of Topliss-reactive ketones (excluding diaryl/α,β-unsaturated/α-hetero) is 1. The lowest BCUT2D eigenvalue weighted by Crippen LogP contribution is -2.25. The molecule has 0 aliphatic carbocycles. The van der Waals surface area contributed by atoms with Crippen molar-refractivity contribution in [3.63, 3.8) is 0 Å². The Morgan fingerprint density at radius 2 is 1.88 bits per heavy atom. The zero-order valence-electron chi connectivity index (χ0n) is 14.7. The van der Waals surface area contributed by atoms with Crippen molar-refractivity contribution in [3.8, 4) is 17.2 Å². The molecule has 6 heteroatoms. The predicted octanol–water partition coefficient (Wildman–Crippen LogP) is 3.15. The van der Waals surface area contributed by atoms with Crippen LogP contribution in [0.2, 0.25) is 0 Å². The Morgan fingerprint density at radius 1 is 1.12 bits per heavy atom. The van der Waals surface area contributed by atoms with Gasteiger partial charge in [0, 0.05) is 10.5 Å². The van der Waals surface area contributed by atoms with Crippen LogP contribution in [0.3, 0.4) is 0 Å². The van der Waals surface area contributed by atoms with Gasteiger partial charge in [-0.3, -0.25) is 4.79 Å². The summed E-state index contributed by atoms with van der Waals surface area (Å²) in [5.74, 6) is 1.60. The molecule has 2 N–H and O–H groups in total. The molecule has 0 spiro atoms. The van der Waals surface area contributed by atoms with Crippen LogP contribution in [0, 0.1) is 0 Å². The van der Waals surface area contributed by atoms with E-state index >= 15 is 0 Å². The van der Waals surface area contributed by atoms with Crippen LogP contribution in [0.4, 0.5) is 0 Å². The van der Waals surface area contributed by atoms with Crippen molar-refractivity contribution in [2.45, 2.75) is 11.3 Å². The molecule has 2 rings (SSSR count). The SMILES string of the molecule is COc1ccc(CCNCC(=O)c2ccc(O)c(SC)c2)cc1OC. The number of methoxy groups -OCH3 is 2. The van der Waals surface area contributed by atoms with Gasteiger partial charge in [0.25, 0.3) is 0 Å². The van der Waals surface area contributed by atoms with Crippen LogP contribution < -0.4 is 14.8 Å². The van der Waals surface area contributed by atoms with Gasteiger partial charge in [0.2, 0.25) is 0 Å². The number of aromatic hydroxyl groups is 1. The number of ether oxygens (including phenoxy) is 2. The molecule has 0 saturated heterocycles. The highest BCUT2D eigenvalue weighted by atomic mass is 32.2. The molecular formula is C19H23NO4S. The van der Waals surface area contributed by atoms with E-state index in [1.54, 1.807) is 32.4 Å². The predicted molar refractivity (Wildman–Crippen MR) is 100 cm³/mol. The second-order valence-electron chi connectivity index (χ2n) is 5.43. The maximum atomic E-state index is 12.2. The fraction of sp³-hybridized carbons (Fsp3) is 0.316. The molecule has 0 unspecified atom stereocenters. The van der Waals surface area contributed by atoms with Crippen LogP contribution in [0.15, 0.2) is 41.3 Å². The molecule has 0 bridgehead atoms. The van der Waals surface area contributed by atoms with Gasteiger partial charge in [-0.1, -0.05) is 6.07 Å². The van der Waals surface area contributed by atoms with E-state index in [-0.39, 0.29) is 18.1 Å². The smallest absolute Gasteiger partial charge is 0.176 e. The van der Waals surface area contributed by atoms with Crippen LogP contribution >= 0.6 is 11.8 Å². The Bertz CT molecular complexity index is 733. The Balaban J connectivity index is 1.85. The molecule has 0 saturated carbocycles. The Labute approximate surface area is 152 Å². The minimum Gasteiger partial charge on any atom is -0.507 e. The third-order valence-corrected chi connectivity index (χ3v) is 4.59. The number of carbonyl (C=O) groups is 1. The Morgan fingerprint density at radius 3 is 2.56 bits per heavy atom. The minimum atomic E-state index is 0.00242. The van der Waals surface area contributed by atoms with Gasteiger partial charge in [-0.15, -0.1) is 11.8 Å². The van der Waals surface area contributed by atoms with Gasteiger partial charge in [0.1, 0.15) is 5.75 Å². The zero-order valence-corrected chi connectivity index (χ0v) is 15.5. The number of hydrogen-bond donors (Lipinski definition) is 2. The first-order valence-corrected chi connectivity index (χ1v) is 9.13. The van der Waals surface area contributed by atoms with E-state index in [1.165, 1.54) is 11.8 Å². The summed E-state index contributed by atoms with van der Waals surface area (Å²) in [6, 6.07) is 10.7. The normalized spacial score (nSPS) is 10.5. The average Bonchev–Trinajstić information content (AvgIpc) is 2.65. The number of carbonyl (C=O) groups excluding carboxylic acids is 1. The number of phenolic OH excluding ortho intramolecular Hbond substituents is 1. The summed E-state index contributed by atoms with van der Waals surface area (Å²) < 4.78 is 10.5. The molecule has 25 heavy (non-hydrogen) atoms. The molecule has 5 nitrogen and oxygen atoms in total. The number of ketones is 1. The summed E-state index contributed by atoms with van der Waals surface area (Å²) in [4.78, 5) is 12.9. The number of hydrogen-bond acceptors (Lipinski definition) is 6. The summed E-state index contributed by atoms with van der Waals surface area (Å²) in [6.45, 7) is 0.931. The second kappa shape index (κ2) is 9.34. The molecule has 2 aromatic carbocycles. The number of benzene rings is 2. The Hall–Kier alpha value is -2.18. The van der Waals surface area contributed by atoms with E-state index in [0.717, 1.165) is 12.0 Å². The molecule has 0 aromatic heterocycles. The fourth-order valence-corrected chi connectivity index (χ4v) is 2.95. The highest BCUT2D eigenvalue weighted by molar-refractivity contribution is 7.98. The minimum absolute atomic E-state index is 0.00242. The average molecular weight is 361 g/mol. The van der Waals surface area contributed by atoms with Gasteiger partial charge in [-0.05, 0) is 55.1 Å². The molecule has 0 fully saturated rings. The van der Waals surface area contributed by atoms with Gasteiger partial charge in [0.05, 0.1) is 20.8 Å². The van der Waals surface area contributed by atoms with E-state index in [1.807, 2.05) is 24.5 Å². The third-order valence-electron chi connectivity index (χ3n) is 3.83. The molecule has 0 radical (unpaired) electrons. The maximum absolute atomic E-state index is 12.2. The highest BCUT2D eigenvalue weighted by Gasteiger charge is 2.09. The summed E-state index contributed by atoms with van der Waals surface area (Å²) in [6.07, 6.45) is 2.64. The molecular weight excluding hydrogens is 338 g/mol. The number of rotatable bonds is 9. The number of thioether (sulfide) groups is 1. The maximum Gasteiger partial charge on any atom is 0.176 e. The first-order chi connectivity index (χ1) is 12.1. The van der Waals surface area contributed by atoms with Crippen LogP contribution in [0.1, 0.15) is 15.9 Å². The molecule has 2 aromatic rings. The molecule has 0 aliphatic heterocycles. The lowest BCUT2D eigenvalue weighted by molar-refractivity contribution is 0.0991. The van der Waals surface area contributed by atoms with E-state index in [9.17, 15) is 9.90 Å². The molecule has 0 aliphatic rings.